The predicted molar refractivity (Wildman–Crippen MR) is 98.0 cm³/mol. The summed E-state index contributed by atoms with van der Waals surface area (Å²) in [5.41, 5.74) is 1.45. The van der Waals surface area contributed by atoms with E-state index < -0.39 is 5.60 Å². The van der Waals surface area contributed by atoms with Gasteiger partial charge in [-0.1, -0.05) is 13.8 Å². The molecule has 3 N–H and O–H groups in total. The second-order valence-electron chi connectivity index (χ2n) is 7.43. The summed E-state index contributed by atoms with van der Waals surface area (Å²) in [6.07, 6.45) is 4.35. The average Bonchev–Trinajstić information content (AvgIpc) is 2.93. The first-order valence-electron chi connectivity index (χ1n) is 8.85. The summed E-state index contributed by atoms with van der Waals surface area (Å²) in [6, 6.07) is 2.00. The number of hydrogen-bond acceptors (Lipinski definition) is 6. The third-order valence-corrected chi connectivity index (χ3v) is 4.79. The largest absolute Gasteiger partial charge is 0.388 e. The number of hydrogen-bond donors (Lipinski definition) is 3. The zero-order chi connectivity index (χ0) is 18.9. The van der Waals surface area contributed by atoms with Crippen LogP contribution < -0.4 is 10.6 Å². The predicted octanol–water partition coefficient (Wildman–Crippen LogP) is 1.38. The molecule has 0 unspecified atom stereocenters. The number of carbonyl (C=O) groups excluding carboxylic acids is 1. The monoisotopic (exact) mass is 358 g/mol. The van der Waals surface area contributed by atoms with Gasteiger partial charge in [0, 0.05) is 37.0 Å². The molecule has 2 aromatic rings. The number of nitrogens with zero attached hydrogens (tertiary/aromatic N) is 4. The highest BCUT2D eigenvalue weighted by atomic mass is 16.3. The molecule has 26 heavy (non-hydrogen) atoms. The first-order chi connectivity index (χ1) is 12.3. The number of aliphatic hydroxyl groups is 1. The molecule has 1 aliphatic carbocycles. The van der Waals surface area contributed by atoms with E-state index in [1.165, 1.54) is 6.33 Å². The molecule has 1 saturated carbocycles. The van der Waals surface area contributed by atoms with E-state index in [9.17, 15) is 9.90 Å². The Morgan fingerprint density at radius 2 is 2.15 bits per heavy atom. The molecule has 1 amide bonds. The zero-order valence-electron chi connectivity index (χ0n) is 15.7. The van der Waals surface area contributed by atoms with Crippen LogP contribution in [0.25, 0.3) is 0 Å². The highest BCUT2D eigenvalue weighted by molar-refractivity contribution is 5.94. The van der Waals surface area contributed by atoms with Gasteiger partial charge in [0.2, 0.25) is 0 Å². The summed E-state index contributed by atoms with van der Waals surface area (Å²) in [6.45, 7) is 6.18. The fourth-order valence-corrected chi connectivity index (χ4v) is 3.33. The minimum Gasteiger partial charge on any atom is -0.388 e. The number of nitrogens with one attached hydrogen (secondary N) is 2. The first-order valence-corrected chi connectivity index (χ1v) is 8.85. The van der Waals surface area contributed by atoms with Crippen LogP contribution in [0.2, 0.25) is 0 Å². The Hall–Kier alpha value is -2.48. The van der Waals surface area contributed by atoms with Crippen molar-refractivity contribution in [2.45, 2.75) is 51.2 Å². The molecule has 0 bridgehead atoms. The van der Waals surface area contributed by atoms with Gasteiger partial charge in [0.15, 0.2) is 0 Å². The molecular formula is C18H26N6O2. The van der Waals surface area contributed by atoms with Gasteiger partial charge in [-0.15, -0.1) is 0 Å². The molecular weight excluding hydrogens is 332 g/mol. The summed E-state index contributed by atoms with van der Waals surface area (Å²) in [4.78, 5) is 20.8. The maximum atomic E-state index is 12.5. The van der Waals surface area contributed by atoms with E-state index in [1.807, 2.05) is 26.8 Å². The lowest BCUT2D eigenvalue weighted by Crippen LogP contribution is -2.57. The number of anilines is 1. The summed E-state index contributed by atoms with van der Waals surface area (Å²) in [7, 11) is 1.75. The standard InChI is InChI=1S/C18H26N6O2/c1-11(2)14-8-22-24(4)16(14)17(25)19-9-18(26)6-13(7-18)23-15-5-12(3)20-10-21-15/h5,8,10-11,13,26H,6-7,9H2,1-4H3,(H,19,25)(H,20,21,23). The van der Waals surface area contributed by atoms with Crippen LogP contribution in [0, 0.1) is 6.92 Å². The second-order valence-corrected chi connectivity index (χ2v) is 7.43. The lowest BCUT2D eigenvalue weighted by atomic mass is 9.75. The van der Waals surface area contributed by atoms with Gasteiger partial charge in [0.1, 0.15) is 17.8 Å². The van der Waals surface area contributed by atoms with Crippen molar-refractivity contribution < 1.29 is 9.90 Å². The van der Waals surface area contributed by atoms with Crippen molar-refractivity contribution in [2.24, 2.45) is 7.05 Å². The minimum atomic E-state index is -0.897. The number of aryl methyl sites for hydroxylation is 2. The number of rotatable bonds is 6. The molecule has 0 aromatic carbocycles. The Balaban J connectivity index is 1.53. The third kappa shape index (κ3) is 3.85. The number of amides is 1. The van der Waals surface area contributed by atoms with E-state index in [2.05, 4.69) is 25.7 Å². The second kappa shape index (κ2) is 7.03. The Bertz CT molecular complexity index is 795. The quantitative estimate of drug-likeness (QED) is 0.720. The van der Waals surface area contributed by atoms with Crippen LogP contribution >= 0.6 is 0 Å². The molecule has 0 radical (unpaired) electrons. The van der Waals surface area contributed by atoms with E-state index in [0.717, 1.165) is 17.1 Å². The summed E-state index contributed by atoms with van der Waals surface area (Å²) in [5.74, 6) is 0.760. The van der Waals surface area contributed by atoms with Crippen molar-refractivity contribution in [2.75, 3.05) is 11.9 Å². The Labute approximate surface area is 153 Å². The van der Waals surface area contributed by atoms with Gasteiger partial charge in [-0.2, -0.15) is 5.10 Å². The van der Waals surface area contributed by atoms with Gasteiger partial charge in [0.25, 0.3) is 5.91 Å². The highest BCUT2D eigenvalue weighted by Gasteiger charge is 2.43. The minimum absolute atomic E-state index is 0.133. The van der Waals surface area contributed by atoms with Gasteiger partial charge in [-0.05, 0) is 25.7 Å². The number of carbonyl (C=O) groups is 1. The van der Waals surface area contributed by atoms with Crippen molar-refractivity contribution >= 4 is 11.7 Å². The molecule has 0 aliphatic heterocycles. The molecule has 140 valence electrons. The first kappa shape index (κ1) is 18.3. The summed E-state index contributed by atoms with van der Waals surface area (Å²) in [5, 5.41) is 20.9. The zero-order valence-corrected chi connectivity index (χ0v) is 15.7. The molecule has 0 saturated heterocycles. The van der Waals surface area contributed by atoms with E-state index in [0.29, 0.717) is 18.5 Å². The maximum Gasteiger partial charge on any atom is 0.269 e. The van der Waals surface area contributed by atoms with Crippen LogP contribution in [-0.2, 0) is 7.05 Å². The molecule has 3 rings (SSSR count). The topological polar surface area (TPSA) is 105 Å². The van der Waals surface area contributed by atoms with Crippen molar-refractivity contribution in [3.05, 3.63) is 35.5 Å². The smallest absolute Gasteiger partial charge is 0.269 e. The SMILES string of the molecule is Cc1cc(NC2CC(O)(CNC(=O)c3c(C(C)C)cnn3C)C2)ncn1. The summed E-state index contributed by atoms with van der Waals surface area (Å²) < 4.78 is 1.58. The van der Waals surface area contributed by atoms with Gasteiger partial charge in [-0.3, -0.25) is 9.48 Å². The summed E-state index contributed by atoms with van der Waals surface area (Å²) >= 11 is 0. The van der Waals surface area contributed by atoms with Crippen LogP contribution in [0.3, 0.4) is 0 Å². The van der Waals surface area contributed by atoms with E-state index >= 15 is 0 Å². The molecule has 2 heterocycles. The highest BCUT2D eigenvalue weighted by Crippen LogP contribution is 2.33. The van der Waals surface area contributed by atoms with Gasteiger partial charge >= 0.3 is 0 Å². The molecule has 0 atom stereocenters. The van der Waals surface area contributed by atoms with Gasteiger partial charge < -0.3 is 15.7 Å². The Kier molecular flexibility index (Phi) is 4.95. The lowest BCUT2D eigenvalue weighted by molar-refractivity contribution is -0.0382. The third-order valence-electron chi connectivity index (χ3n) is 4.79. The molecule has 8 nitrogen and oxygen atoms in total. The van der Waals surface area contributed by atoms with Crippen LogP contribution in [-0.4, -0.2) is 48.9 Å². The van der Waals surface area contributed by atoms with Crippen molar-refractivity contribution in [1.82, 2.24) is 25.1 Å². The fourth-order valence-electron chi connectivity index (χ4n) is 3.33. The normalized spacial score (nSPS) is 22.2. The van der Waals surface area contributed by atoms with Crippen molar-refractivity contribution in [1.29, 1.82) is 0 Å². The molecule has 8 heteroatoms. The van der Waals surface area contributed by atoms with Crippen LogP contribution in [0.1, 0.15) is 54.4 Å². The Morgan fingerprint density at radius 1 is 1.42 bits per heavy atom. The van der Waals surface area contributed by atoms with E-state index in [1.54, 1.807) is 17.9 Å². The van der Waals surface area contributed by atoms with Gasteiger partial charge in [-0.25, -0.2) is 9.97 Å². The average molecular weight is 358 g/mol. The molecule has 1 aliphatic rings. The number of aromatic nitrogens is 4. The maximum absolute atomic E-state index is 12.5. The van der Waals surface area contributed by atoms with Gasteiger partial charge in [0.05, 0.1) is 11.8 Å². The van der Waals surface area contributed by atoms with Crippen molar-refractivity contribution in [3.63, 3.8) is 0 Å². The lowest BCUT2D eigenvalue weighted by Gasteiger charge is -2.44. The molecule has 0 spiro atoms. The van der Waals surface area contributed by atoms with E-state index in [-0.39, 0.29) is 24.4 Å². The van der Waals surface area contributed by atoms with Crippen LogP contribution in [0.5, 0.6) is 0 Å². The molecule has 2 aromatic heterocycles. The Morgan fingerprint density at radius 3 is 2.81 bits per heavy atom. The fraction of sp³-hybridized carbons (Fsp3) is 0.556. The van der Waals surface area contributed by atoms with Crippen molar-refractivity contribution in [3.8, 4) is 0 Å². The van der Waals surface area contributed by atoms with Crippen LogP contribution in [0.4, 0.5) is 5.82 Å². The van der Waals surface area contributed by atoms with E-state index in [4.69, 9.17) is 0 Å². The molecule has 1 fully saturated rings. The van der Waals surface area contributed by atoms with Crippen LogP contribution in [0.15, 0.2) is 18.6 Å².